The fourth-order valence-electron chi connectivity index (χ4n) is 1.55. The molecule has 0 aliphatic heterocycles. The number of oxazole rings is 1. The third kappa shape index (κ3) is 1.94. The summed E-state index contributed by atoms with van der Waals surface area (Å²) in [5.41, 5.74) is 1.97. The molecule has 0 amide bonds. The minimum Gasteiger partial charge on any atom is -0.434 e. The van der Waals surface area contributed by atoms with Gasteiger partial charge in [0.1, 0.15) is 4.60 Å². The predicted octanol–water partition coefficient (Wildman–Crippen LogP) is 4.31. The van der Waals surface area contributed by atoms with Gasteiger partial charge in [-0.25, -0.2) is 4.98 Å². The van der Waals surface area contributed by atoms with Crippen LogP contribution >= 0.6 is 27.5 Å². The lowest BCUT2D eigenvalue weighted by molar-refractivity contribution is 0.619. The Morgan fingerprint density at radius 2 is 1.88 bits per heavy atom. The highest BCUT2D eigenvalue weighted by Crippen LogP contribution is 2.29. The van der Waals surface area contributed by atoms with Crippen molar-refractivity contribution in [2.75, 3.05) is 0 Å². The molecule has 0 N–H and O–H groups in total. The molecule has 0 fully saturated rings. The fraction of sp³-hybridized carbons (Fsp3) is 0. The van der Waals surface area contributed by atoms with E-state index >= 15 is 0 Å². The summed E-state index contributed by atoms with van der Waals surface area (Å²) in [5, 5.41) is 0.609. The molecule has 5 heteroatoms. The average Bonchev–Trinajstić information content (AvgIpc) is 2.72. The highest BCUT2D eigenvalue weighted by Gasteiger charge is 2.11. The third-order valence-electron chi connectivity index (χ3n) is 2.32. The molecule has 0 aliphatic rings. The molecule has 2 heterocycles. The van der Waals surface area contributed by atoms with Gasteiger partial charge in [-0.3, -0.25) is 0 Å². The molecule has 0 saturated carbocycles. The van der Waals surface area contributed by atoms with Crippen LogP contribution in [0.3, 0.4) is 0 Å². The van der Waals surface area contributed by atoms with Gasteiger partial charge in [-0.1, -0.05) is 23.7 Å². The molecule has 0 saturated heterocycles. The van der Waals surface area contributed by atoms with Gasteiger partial charge in [0.15, 0.2) is 11.2 Å². The molecule has 0 radical (unpaired) electrons. The van der Waals surface area contributed by atoms with Gasteiger partial charge in [-0.05, 0) is 40.2 Å². The summed E-state index contributed by atoms with van der Waals surface area (Å²) < 4.78 is 6.34. The average molecular weight is 310 g/mol. The van der Waals surface area contributed by atoms with Gasteiger partial charge >= 0.3 is 0 Å². The van der Waals surface area contributed by atoms with Crippen LogP contribution in [0.4, 0.5) is 0 Å². The van der Waals surface area contributed by atoms with Gasteiger partial charge in [0.05, 0.1) is 10.6 Å². The van der Waals surface area contributed by atoms with E-state index in [0.717, 1.165) is 10.2 Å². The first-order chi connectivity index (χ1) is 8.24. The molecule has 0 aliphatic carbocycles. The number of halogens is 2. The van der Waals surface area contributed by atoms with E-state index in [1.807, 2.05) is 30.3 Å². The monoisotopic (exact) mass is 308 g/mol. The predicted molar refractivity (Wildman–Crippen MR) is 70.0 cm³/mol. The Hall–Kier alpha value is -1.39. The second kappa shape index (κ2) is 4.13. The summed E-state index contributed by atoms with van der Waals surface area (Å²) in [4.78, 5) is 8.53. The first-order valence-corrected chi connectivity index (χ1v) is 6.09. The van der Waals surface area contributed by atoms with Crippen LogP contribution in [0.1, 0.15) is 0 Å². The molecule has 0 bridgehead atoms. The van der Waals surface area contributed by atoms with Gasteiger partial charge in [0.25, 0.3) is 0 Å². The second-order valence-electron chi connectivity index (χ2n) is 3.45. The van der Waals surface area contributed by atoms with E-state index in [2.05, 4.69) is 25.9 Å². The van der Waals surface area contributed by atoms with E-state index in [-0.39, 0.29) is 0 Å². The number of aromatic nitrogens is 2. The van der Waals surface area contributed by atoms with E-state index in [0.29, 0.717) is 22.1 Å². The number of fused-ring (bicyclic) bond motifs is 1. The van der Waals surface area contributed by atoms with Crippen molar-refractivity contribution in [2.45, 2.75) is 0 Å². The molecule has 3 nitrogen and oxygen atoms in total. The molecular formula is C12H6BrClN2O. The van der Waals surface area contributed by atoms with Crippen molar-refractivity contribution >= 4 is 38.8 Å². The van der Waals surface area contributed by atoms with Gasteiger partial charge in [-0.15, -0.1) is 0 Å². The van der Waals surface area contributed by atoms with Crippen molar-refractivity contribution in [3.63, 3.8) is 0 Å². The molecular weight excluding hydrogens is 304 g/mol. The van der Waals surface area contributed by atoms with Crippen molar-refractivity contribution in [2.24, 2.45) is 0 Å². The summed E-state index contributed by atoms with van der Waals surface area (Å²) in [6, 6.07) is 11.0. The second-order valence-corrected chi connectivity index (χ2v) is 4.67. The quantitative estimate of drug-likeness (QED) is 0.629. The van der Waals surface area contributed by atoms with Gasteiger partial charge in [0, 0.05) is 0 Å². The number of hydrogen-bond acceptors (Lipinski definition) is 3. The zero-order valence-corrected chi connectivity index (χ0v) is 10.9. The first kappa shape index (κ1) is 10.7. The summed E-state index contributed by atoms with van der Waals surface area (Å²) in [6.45, 7) is 0. The summed E-state index contributed by atoms with van der Waals surface area (Å²) in [5.74, 6) is 0.483. The van der Waals surface area contributed by atoms with E-state index in [9.17, 15) is 0 Å². The van der Waals surface area contributed by atoms with Crippen molar-refractivity contribution < 1.29 is 4.42 Å². The van der Waals surface area contributed by atoms with Crippen molar-refractivity contribution in [1.29, 1.82) is 0 Å². The Balaban J connectivity index is 2.22. The maximum absolute atomic E-state index is 6.09. The standard InChI is InChI=1S/C12H6BrClN2O/c13-10-6-5-9-11(15-10)16-12(17-9)7-3-1-2-4-8(7)14/h1-6H. The Kier molecular flexibility index (Phi) is 2.61. The Labute approximate surface area is 111 Å². The smallest absolute Gasteiger partial charge is 0.230 e. The molecule has 17 heavy (non-hydrogen) atoms. The maximum atomic E-state index is 6.09. The van der Waals surface area contributed by atoms with Crippen molar-refractivity contribution in [1.82, 2.24) is 9.97 Å². The number of nitrogens with zero attached hydrogens (tertiary/aromatic N) is 2. The SMILES string of the molecule is Clc1ccccc1-c1nc2nc(Br)ccc2o1. The Morgan fingerprint density at radius 3 is 2.71 bits per heavy atom. The molecule has 0 atom stereocenters. The van der Waals surface area contributed by atoms with Gasteiger partial charge in [0.2, 0.25) is 5.89 Å². The molecule has 84 valence electrons. The summed E-state index contributed by atoms with van der Waals surface area (Å²) in [6.07, 6.45) is 0. The van der Waals surface area contributed by atoms with Gasteiger partial charge < -0.3 is 4.42 Å². The van der Waals surface area contributed by atoms with E-state index in [4.69, 9.17) is 16.0 Å². The third-order valence-corrected chi connectivity index (χ3v) is 3.09. The summed E-state index contributed by atoms with van der Waals surface area (Å²) >= 11 is 9.38. The minimum atomic E-state index is 0.483. The van der Waals surface area contributed by atoms with Crippen molar-refractivity contribution in [3.8, 4) is 11.5 Å². The number of hydrogen-bond donors (Lipinski definition) is 0. The summed E-state index contributed by atoms with van der Waals surface area (Å²) in [7, 11) is 0. The molecule has 1 aromatic carbocycles. The van der Waals surface area contributed by atoms with Gasteiger partial charge in [-0.2, -0.15) is 4.98 Å². The highest BCUT2D eigenvalue weighted by atomic mass is 79.9. The largest absolute Gasteiger partial charge is 0.434 e. The number of rotatable bonds is 1. The number of benzene rings is 1. The molecule has 2 aromatic heterocycles. The zero-order chi connectivity index (χ0) is 11.8. The Morgan fingerprint density at radius 1 is 1.06 bits per heavy atom. The van der Waals surface area contributed by atoms with Crippen LogP contribution < -0.4 is 0 Å². The lowest BCUT2D eigenvalue weighted by Gasteiger charge is -1.96. The molecule has 3 rings (SSSR count). The zero-order valence-electron chi connectivity index (χ0n) is 8.52. The topological polar surface area (TPSA) is 38.9 Å². The fourth-order valence-corrected chi connectivity index (χ4v) is 2.06. The van der Waals surface area contributed by atoms with Crippen LogP contribution in [-0.4, -0.2) is 9.97 Å². The highest BCUT2D eigenvalue weighted by molar-refractivity contribution is 9.10. The van der Waals surface area contributed by atoms with Crippen molar-refractivity contribution in [3.05, 3.63) is 46.0 Å². The van der Waals surface area contributed by atoms with Crippen LogP contribution in [0, 0.1) is 0 Å². The van der Waals surface area contributed by atoms with E-state index in [1.54, 1.807) is 6.07 Å². The lowest BCUT2D eigenvalue weighted by atomic mass is 10.2. The van der Waals surface area contributed by atoms with Crippen LogP contribution in [0.15, 0.2) is 45.4 Å². The minimum absolute atomic E-state index is 0.483. The van der Waals surface area contributed by atoms with Crippen LogP contribution in [-0.2, 0) is 0 Å². The normalized spacial score (nSPS) is 10.9. The van der Waals surface area contributed by atoms with Crippen LogP contribution in [0.5, 0.6) is 0 Å². The lowest BCUT2D eigenvalue weighted by Crippen LogP contribution is -1.79. The first-order valence-electron chi connectivity index (χ1n) is 4.92. The van der Waals surface area contributed by atoms with E-state index in [1.165, 1.54) is 0 Å². The molecule has 3 aromatic rings. The Bertz CT molecular complexity index is 696. The van der Waals surface area contributed by atoms with E-state index < -0.39 is 0 Å². The maximum Gasteiger partial charge on any atom is 0.230 e. The van der Waals surface area contributed by atoms with Crippen LogP contribution in [0.25, 0.3) is 22.7 Å². The number of pyridine rings is 1. The molecule has 0 spiro atoms. The molecule has 0 unspecified atom stereocenters. The van der Waals surface area contributed by atoms with Crippen LogP contribution in [0.2, 0.25) is 5.02 Å².